The minimum Gasteiger partial charge on any atom is -0.333 e. The van der Waals surface area contributed by atoms with E-state index in [1.807, 2.05) is 84.9 Å². The molecular formula is C28H28N4O2. The van der Waals surface area contributed by atoms with Crippen molar-refractivity contribution in [2.45, 2.75) is 37.8 Å². The van der Waals surface area contributed by atoms with Crippen LogP contribution in [-0.4, -0.2) is 24.1 Å². The number of hydrogen-bond acceptors (Lipinski definition) is 2. The highest BCUT2D eigenvalue weighted by molar-refractivity contribution is 6.02. The van der Waals surface area contributed by atoms with Crippen LogP contribution in [0, 0.1) is 0 Å². The second kappa shape index (κ2) is 9.83. The predicted molar refractivity (Wildman–Crippen MR) is 138 cm³/mol. The molecule has 0 unspecified atom stereocenters. The standard InChI is InChI=1S/C28H28N4O2/c33-27(29-23-17-7-11-19-9-1-3-13-21(19)23)31-25-15-5-6-16-26(25)32-28(34)30-24-18-8-12-20-10-2-4-14-22(20)24/h1-4,7-14,17-18,25-26H,5-6,15-16H2,(H2,29,31,33)(H2,30,32,34)/t25-,26-/m1/s1. The van der Waals surface area contributed by atoms with E-state index in [1.54, 1.807) is 0 Å². The number of anilines is 2. The molecule has 2 atom stereocenters. The first-order valence-corrected chi connectivity index (χ1v) is 11.8. The van der Waals surface area contributed by atoms with Crippen LogP contribution in [0.5, 0.6) is 0 Å². The molecule has 0 saturated heterocycles. The molecule has 1 aliphatic rings. The third-order valence-electron chi connectivity index (χ3n) is 6.47. The molecule has 1 saturated carbocycles. The topological polar surface area (TPSA) is 82.3 Å². The minimum atomic E-state index is -0.260. The van der Waals surface area contributed by atoms with E-state index in [4.69, 9.17) is 0 Å². The van der Waals surface area contributed by atoms with Crippen LogP contribution in [0.2, 0.25) is 0 Å². The largest absolute Gasteiger partial charge is 0.333 e. The van der Waals surface area contributed by atoms with E-state index in [-0.39, 0.29) is 24.1 Å². The van der Waals surface area contributed by atoms with Gasteiger partial charge in [0.25, 0.3) is 0 Å². The van der Waals surface area contributed by atoms with Crippen LogP contribution in [0.1, 0.15) is 25.7 Å². The van der Waals surface area contributed by atoms with Crippen molar-refractivity contribution >= 4 is 45.0 Å². The van der Waals surface area contributed by atoms with Gasteiger partial charge in [0.05, 0.1) is 23.5 Å². The predicted octanol–water partition coefficient (Wildman–Crippen LogP) is 6.25. The summed E-state index contributed by atoms with van der Waals surface area (Å²) in [6, 6.07) is 26.8. The number of hydrogen-bond donors (Lipinski definition) is 4. The Bertz CT molecular complexity index is 1220. The Balaban J connectivity index is 1.24. The molecule has 4 aromatic carbocycles. The first-order valence-electron chi connectivity index (χ1n) is 11.8. The highest BCUT2D eigenvalue weighted by Crippen LogP contribution is 2.25. The average Bonchev–Trinajstić information content (AvgIpc) is 2.86. The van der Waals surface area contributed by atoms with E-state index in [2.05, 4.69) is 21.3 Å². The van der Waals surface area contributed by atoms with Crippen LogP contribution in [0.15, 0.2) is 84.9 Å². The van der Waals surface area contributed by atoms with E-state index in [0.717, 1.165) is 58.6 Å². The molecular weight excluding hydrogens is 424 g/mol. The molecule has 1 aliphatic carbocycles. The van der Waals surface area contributed by atoms with Gasteiger partial charge in [-0.15, -0.1) is 0 Å². The molecule has 5 rings (SSSR count). The van der Waals surface area contributed by atoms with Crippen LogP contribution in [0.4, 0.5) is 21.0 Å². The second-order valence-corrected chi connectivity index (χ2v) is 8.75. The van der Waals surface area contributed by atoms with E-state index in [0.29, 0.717) is 0 Å². The van der Waals surface area contributed by atoms with Gasteiger partial charge in [-0.25, -0.2) is 9.59 Å². The lowest BCUT2D eigenvalue weighted by Gasteiger charge is -2.32. The summed E-state index contributed by atoms with van der Waals surface area (Å²) >= 11 is 0. The van der Waals surface area contributed by atoms with Gasteiger partial charge in [0.2, 0.25) is 0 Å². The summed E-state index contributed by atoms with van der Waals surface area (Å²) in [6.45, 7) is 0. The Morgan fingerprint density at radius 3 is 1.44 bits per heavy atom. The van der Waals surface area contributed by atoms with Gasteiger partial charge in [0.1, 0.15) is 0 Å². The van der Waals surface area contributed by atoms with Crippen LogP contribution < -0.4 is 21.3 Å². The molecule has 0 bridgehead atoms. The summed E-state index contributed by atoms with van der Waals surface area (Å²) in [5, 5.41) is 16.3. The Kier molecular flexibility index (Phi) is 6.29. The number of rotatable bonds is 4. The van der Waals surface area contributed by atoms with Crippen molar-refractivity contribution in [3.05, 3.63) is 84.9 Å². The molecule has 4 amide bonds. The molecule has 6 heteroatoms. The van der Waals surface area contributed by atoms with Crippen molar-refractivity contribution in [2.75, 3.05) is 10.6 Å². The number of nitrogens with one attached hydrogen (secondary N) is 4. The Morgan fingerprint density at radius 1 is 0.559 bits per heavy atom. The second-order valence-electron chi connectivity index (χ2n) is 8.75. The van der Waals surface area contributed by atoms with Gasteiger partial charge in [0, 0.05) is 10.8 Å². The average molecular weight is 453 g/mol. The smallest absolute Gasteiger partial charge is 0.319 e. The van der Waals surface area contributed by atoms with Gasteiger partial charge in [-0.1, -0.05) is 85.6 Å². The monoisotopic (exact) mass is 452 g/mol. The fourth-order valence-electron chi connectivity index (χ4n) is 4.80. The highest BCUT2D eigenvalue weighted by Gasteiger charge is 2.28. The summed E-state index contributed by atoms with van der Waals surface area (Å²) in [4.78, 5) is 25.7. The highest BCUT2D eigenvalue weighted by atomic mass is 16.2. The van der Waals surface area contributed by atoms with Crippen molar-refractivity contribution in [2.24, 2.45) is 0 Å². The molecule has 1 fully saturated rings. The zero-order valence-electron chi connectivity index (χ0n) is 18.9. The molecule has 0 radical (unpaired) electrons. The Morgan fingerprint density at radius 2 is 0.971 bits per heavy atom. The van der Waals surface area contributed by atoms with Crippen LogP contribution in [-0.2, 0) is 0 Å². The Hall–Kier alpha value is -4.06. The van der Waals surface area contributed by atoms with Crippen LogP contribution in [0.3, 0.4) is 0 Å². The summed E-state index contributed by atoms with van der Waals surface area (Å²) in [5.41, 5.74) is 1.54. The number of urea groups is 2. The summed E-state index contributed by atoms with van der Waals surface area (Å²) in [5.74, 6) is 0. The quantitative estimate of drug-likeness (QED) is 0.295. The number of amides is 4. The molecule has 0 aromatic heterocycles. The van der Waals surface area contributed by atoms with Crippen molar-refractivity contribution in [3.63, 3.8) is 0 Å². The van der Waals surface area contributed by atoms with Gasteiger partial charge in [-0.3, -0.25) is 0 Å². The van der Waals surface area contributed by atoms with Gasteiger partial charge in [0.15, 0.2) is 0 Å². The van der Waals surface area contributed by atoms with Gasteiger partial charge < -0.3 is 21.3 Å². The molecule has 4 aromatic rings. The zero-order valence-corrected chi connectivity index (χ0v) is 18.9. The third kappa shape index (κ3) is 4.81. The number of carbonyl (C=O) groups is 2. The summed E-state index contributed by atoms with van der Waals surface area (Å²) in [6.07, 6.45) is 3.68. The van der Waals surface area contributed by atoms with E-state index < -0.39 is 0 Å². The summed E-state index contributed by atoms with van der Waals surface area (Å²) in [7, 11) is 0. The first-order chi connectivity index (χ1) is 16.7. The van der Waals surface area contributed by atoms with Gasteiger partial charge >= 0.3 is 12.1 Å². The molecule has 34 heavy (non-hydrogen) atoms. The van der Waals surface area contributed by atoms with E-state index >= 15 is 0 Å². The zero-order chi connectivity index (χ0) is 23.3. The van der Waals surface area contributed by atoms with E-state index in [9.17, 15) is 9.59 Å². The first kappa shape index (κ1) is 21.8. The lowest BCUT2D eigenvalue weighted by molar-refractivity contribution is 0.225. The SMILES string of the molecule is O=C(Nc1cccc2ccccc12)N[C@@H]1CCCC[C@H]1NC(=O)Nc1cccc2ccccc12. The van der Waals surface area contributed by atoms with Crippen molar-refractivity contribution in [3.8, 4) is 0 Å². The maximum Gasteiger partial charge on any atom is 0.319 e. The van der Waals surface area contributed by atoms with E-state index in [1.165, 1.54) is 0 Å². The number of benzene rings is 4. The molecule has 4 N–H and O–H groups in total. The Labute approximate surface area is 198 Å². The summed E-state index contributed by atoms with van der Waals surface area (Å²) < 4.78 is 0. The fraction of sp³-hybridized carbons (Fsp3) is 0.214. The van der Waals surface area contributed by atoms with Gasteiger partial charge in [-0.2, -0.15) is 0 Å². The molecule has 0 spiro atoms. The lowest BCUT2D eigenvalue weighted by atomic mass is 9.90. The fourth-order valence-corrected chi connectivity index (χ4v) is 4.80. The number of fused-ring (bicyclic) bond motifs is 2. The maximum atomic E-state index is 12.8. The molecule has 0 heterocycles. The number of carbonyl (C=O) groups excluding carboxylic acids is 2. The lowest BCUT2D eigenvalue weighted by Crippen LogP contribution is -2.54. The molecule has 0 aliphatic heterocycles. The van der Waals surface area contributed by atoms with Crippen molar-refractivity contribution in [1.82, 2.24) is 10.6 Å². The third-order valence-corrected chi connectivity index (χ3v) is 6.47. The maximum absolute atomic E-state index is 12.8. The van der Waals surface area contributed by atoms with Crippen LogP contribution >= 0.6 is 0 Å². The van der Waals surface area contributed by atoms with Gasteiger partial charge in [-0.05, 0) is 35.7 Å². The van der Waals surface area contributed by atoms with Crippen molar-refractivity contribution < 1.29 is 9.59 Å². The van der Waals surface area contributed by atoms with Crippen LogP contribution in [0.25, 0.3) is 21.5 Å². The molecule has 6 nitrogen and oxygen atoms in total. The normalized spacial score (nSPS) is 17.8. The molecule has 172 valence electrons. The van der Waals surface area contributed by atoms with Crippen molar-refractivity contribution in [1.29, 1.82) is 0 Å². The minimum absolute atomic E-state index is 0.137.